The van der Waals surface area contributed by atoms with E-state index in [1.54, 1.807) is 7.11 Å². The van der Waals surface area contributed by atoms with Gasteiger partial charge in [0.25, 0.3) is 0 Å². The van der Waals surface area contributed by atoms with Crippen molar-refractivity contribution in [3.63, 3.8) is 0 Å². The average Bonchev–Trinajstić information content (AvgIpc) is 2.48. The lowest BCUT2D eigenvalue weighted by Crippen LogP contribution is -2.02. The second kappa shape index (κ2) is 6.46. The molecule has 19 heavy (non-hydrogen) atoms. The number of methoxy groups -OCH3 is 1. The molecule has 0 saturated carbocycles. The lowest BCUT2D eigenvalue weighted by Gasteiger charge is -2.10. The largest absolute Gasteiger partial charge is 0.493 e. The summed E-state index contributed by atoms with van der Waals surface area (Å²) in [7, 11) is 1.63. The number of nitrogens with zero attached hydrogens (tertiary/aromatic N) is 1. The van der Waals surface area contributed by atoms with E-state index in [2.05, 4.69) is 6.07 Å². The normalized spacial score (nSPS) is 9.68. The molecule has 0 atom stereocenters. The maximum atomic E-state index is 8.72. The highest BCUT2D eigenvalue weighted by atomic mass is 16.5. The molecule has 2 rings (SSSR count). The minimum atomic E-state index is 0.576. The molecule has 2 aromatic carbocycles. The van der Waals surface area contributed by atoms with Crippen LogP contribution in [0.4, 0.5) is 0 Å². The molecule has 0 bridgehead atoms. The number of nitriles is 1. The van der Waals surface area contributed by atoms with Gasteiger partial charge in [0.2, 0.25) is 0 Å². The van der Waals surface area contributed by atoms with Gasteiger partial charge in [0.15, 0.2) is 11.5 Å². The number of hydrogen-bond acceptors (Lipinski definition) is 3. The quantitative estimate of drug-likeness (QED) is 0.821. The van der Waals surface area contributed by atoms with Gasteiger partial charge >= 0.3 is 0 Å². The molecule has 0 radical (unpaired) electrons. The maximum Gasteiger partial charge on any atom is 0.161 e. The van der Waals surface area contributed by atoms with E-state index < -0.39 is 0 Å². The van der Waals surface area contributed by atoms with Gasteiger partial charge in [-0.15, -0.1) is 0 Å². The molecule has 0 saturated heterocycles. The van der Waals surface area contributed by atoms with Crippen LogP contribution in [0.1, 0.15) is 11.1 Å². The molecule has 0 unspecified atom stereocenters. The predicted octanol–water partition coefficient (Wildman–Crippen LogP) is 3.19. The molecular formula is C16H15NO2. The van der Waals surface area contributed by atoms with Crippen molar-refractivity contribution in [3.05, 3.63) is 59.7 Å². The Morgan fingerprint density at radius 3 is 2.32 bits per heavy atom. The molecule has 0 N–H and O–H groups in total. The van der Waals surface area contributed by atoms with Gasteiger partial charge in [-0.3, -0.25) is 0 Å². The van der Waals surface area contributed by atoms with Crippen LogP contribution in [0.25, 0.3) is 0 Å². The lowest BCUT2D eigenvalue weighted by molar-refractivity contribution is 0.297. The molecule has 0 aliphatic rings. The molecule has 3 nitrogen and oxygen atoms in total. The molecule has 96 valence electrons. The predicted molar refractivity (Wildman–Crippen MR) is 73.4 cm³/mol. The van der Waals surface area contributed by atoms with Crippen LogP contribution in [0.2, 0.25) is 0 Å². The van der Waals surface area contributed by atoms with Crippen molar-refractivity contribution in [1.82, 2.24) is 0 Å². The molecule has 0 spiro atoms. The summed E-state index contributed by atoms with van der Waals surface area (Å²) in [6.45, 7) is 0.576. The summed E-state index contributed by atoms with van der Waals surface area (Å²) in [6, 6.07) is 17.2. The van der Waals surface area contributed by atoms with Crippen molar-refractivity contribution in [2.75, 3.05) is 13.7 Å². The Kier molecular flexibility index (Phi) is 4.41. The van der Waals surface area contributed by atoms with Gasteiger partial charge in [0.1, 0.15) is 0 Å². The summed E-state index contributed by atoms with van der Waals surface area (Å²) >= 11 is 0. The average molecular weight is 253 g/mol. The Bertz CT molecular complexity index is 570. The summed E-state index contributed by atoms with van der Waals surface area (Å²) in [5.41, 5.74) is 1.82. The minimum Gasteiger partial charge on any atom is -0.493 e. The lowest BCUT2D eigenvalue weighted by atomic mass is 10.1. The Morgan fingerprint density at radius 1 is 1.00 bits per heavy atom. The SMILES string of the molecule is COc1ccccc1OCCc1ccc(C#N)cc1. The van der Waals surface area contributed by atoms with Gasteiger partial charge in [0, 0.05) is 6.42 Å². The van der Waals surface area contributed by atoms with Crippen LogP contribution in [0, 0.1) is 11.3 Å². The van der Waals surface area contributed by atoms with Crippen molar-refractivity contribution in [2.24, 2.45) is 0 Å². The van der Waals surface area contributed by atoms with Crippen molar-refractivity contribution in [1.29, 1.82) is 5.26 Å². The molecule has 0 aliphatic heterocycles. The van der Waals surface area contributed by atoms with E-state index in [4.69, 9.17) is 14.7 Å². The smallest absolute Gasteiger partial charge is 0.161 e. The van der Waals surface area contributed by atoms with Crippen LogP contribution in [-0.2, 0) is 6.42 Å². The topological polar surface area (TPSA) is 42.2 Å². The van der Waals surface area contributed by atoms with Gasteiger partial charge < -0.3 is 9.47 Å². The van der Waals surface area contributed by atoms with Crippen LogP contribution in [-0.4, -0.2) is 13.7 Å². The minimum absolute atomic E-state index is 0.576. The monoisotopic (exact) mass is 253 g/mol. The first-order valence-electron chi connectivity index (χ1n) is 6.08. The zero-order valence-electron chi connectivity index (χ0n) is 10.8. The third-order valence-corrected chi connectivity index (χ3v) is 2.80. The Hall–Kier alpha value is -2.47. The van der Waals surface area contributed by atoms with Crippen molar-refractivity contribution >= 4 is 0 Å². The summed E-state index contributed by atoms with van der Waals surface area (Å²) in [5, 5.41) is 8.72. The second-order valence-corrected chi connectivity index (χ2v) is 4.06. The first kappa shape index (κ1) is 13.0. The van der Waals surface area contributed by atoms with E-state index in [9.17, 15) is 0 Å². The van der Waals surface area contributed by atoms with Crippen LogP contribution in [0.3, 0.4) is 0 Å². The first-order chi connectivity index (χ1) is 9.33. The summed E-state index contributed by atoms with van der Waals surface area (Å²) in [6.07, 6.45) is 0.795. The number of rotatable bonds is 5. The Morgan fingerprint density at radius 2 is 1.68 bits per heavy atom. The third kappa shape index (κ3) is 3.49. The highest BCUT2D eigenvalue weighted by Gasteiger charge is 2.02. The molecule has 0 aliphatic carbocycles. The molecular weight excluding hydrogens is 238 g/mol. The summed E-state index contributed by atoms with van der Waals surface area (Å²) in [4.78, 5) is 0. The van der Waals surface area contributed by atoms with Gasteiger partial charge in [-0.05, 0) is 29.8 Å². The first-order valence-corrected chi connectivity index (χ1v) is 6.08. The molecule has 0 amide bonds. The zero-order chi connectivity index (χ0) is 13.5. The fraction of sp³-hybridized carbons (Fsp3) is 0.188. The fourth-order valence-electron chi connectivity index (χ4n) is 1.76. The van der Waals surface area contributed by atoms with Gasteiger partial charge in [-0.2, -0.15) is 5.26 Å². The standard InChI is InChI=1S/C16H15NO2/c1-18-15-4-2-3-5-16(15)19-11-10-13-6-8-14(12-17)9-7-13/h2-9H,10-11H2,1H3. The van der Waals surface area contributed by atoms with Crippen molar-refractivity contribution in [3.8, 4) is 17.6 Å². The number of ether oxygens (including phenoxy) is 2. The highest BCUT2D eigenvalue weighted by Crippen LogP contribution is 2.25. The van der Waals surface area contributed by atoms with Crippen LogP contribution in [0.5, 0.6) is 11.5 Å². The van der Waals surface area contributed by atoms with Gasteiger partial charge in [-0.1, -0.05) is 24.3 Å². The molecule has 3 heteroatoms. The van der Waals surface area contributed by atoms with Gasteiger partial charge in [0.05, 0.1) is 25.3 Å². The number of benzene rings is 2. The number of hydrogen-bond donors (Lipinski definition) is 0. The van der Waals surface area contributed by atoms with E-state index in [1.165, 1.54) is 0 Å². The Balaban J connectivity index is 1.91. The highest BCUT2D eigenvalue weighted by molar-refractivity contribution is 5.39. The van der Waals surface area contributed by atoms with E-state index >= 15 is 0 Å². The fourth-order valence-corrected chi connectivity index (χ4v) is 1.76. The molecule has 0 fully saturated rings. The molecule has 0 aromatic heterocycles. The van der Waals surface area contributed by atoms with Crippen LogP contribution in [0.15, 0.2) is 48.5 Å². The third-order valence-electron chi connectivity index (χ3n) is 2.80. The van der Waals surface area contributed by atoms with Gasteiger partial charge in [-0.25, -0.2) is 0 Å². The maximum absolute atomic E-state index is 8.72. The Labute approximate surface area is 113 Å². The zero-order valence-corrected chi connectivity index (χ0v) is 10.8. The van der Waals surface area contributed by atoms with Crippen LogP contribution < -0.4 is 9.47 Å². The van der Waals surface area contributed by atoms with E-state index in [1.807, 2.05) is 48.5 Å². The summed E-state index contributed by atoms with van der Waals surface area (Å²) in [5.74, 6) is 1.49. The summed E-state index contributed by atoms with van der Waals surface area (Å²) < 4.78 is 10.9. The molecule has 2 aromatic rings. The van der Waals surface area contributed by atoms with E-state index in [-0.39, 0.29) is 0 Å². The van der Waals surface area contributed by atoms with Crippen molar-refractivity contribution < 1.29 is 9.47 Å². The van der Waals surface area contributed by atoms with E-state index in [0.29, 0.717) is 12.2 Å². The second-order valence-electron chi connectivity index (χ2n) is 4.06. The molecule has 0 heterocycles. The van der Waals surface area contributed by atoms with E-state index in [0.717, 1.165) is 23.5 Å². The van der Waals surface area contributed by atoms with Crippen molar-refractivity contribution in [2.45, 2.75) is 6.42 Å². The van der Waals surface area contributed by atoms with Crippen LogP contribution >= 0.6 is 0 Å². The number of para-hydroxylation sites is 2.